The van der Waals surface area contributed by atoms with Gasteiger partial charge in [-0.15, -0.1) is 0 Å². The van der Waals surface area contributed by atoms with Gasteiger partial charge in [-0.2, -0.15) is 0 Å². The Balaban J connectivity index is 1.85. The van der Waals surface area contributed by atoms with Gasteiger partial charge in [0.05, 0.1) is 5.57 Å². The van der Waals surface area contributed by atoms with Crippen molar-refractivity contribution in [2.45, 2.75) is 13.5 Å². The van der Waals surface area contributed by atoms with Crippen LogP contribution in [0.25, 0.3) is 0 Å². The van der Waals surface area contributed by atoms with Crippen LogP contribution in [0.5, 0.6) is 5.75 Å². The van der Waals surface area contributed by atoms with Gasteiger partial charge in [-0.1, -0.05) is 48.5 Å². The van der Waals surface area contributed by atoms with E-state index in [-0.39, 0.29) is 12.6 Å². The number of esters is 1. The molecular weight excluding hydrogens is 252 g/mol. The fourth-order valence-electron chi connectivity index (χ4n) is 1.54. The summed E-state index contributed by atoms with van der Waals surface area (Å²) < 4.78 is 10.6. The second kappa shape index (κ2) is 7.14. The smallest absolute Gasteiger partial charge is 0.337 e. The number of carbonyl (C=O) groups excluding carboxylic acids is 1. The topological polar surface area (TPSA) is 35.5 Å². The Labute approximate surface area is 118 Å². The second-order valence-corrected chi connectivity index (χ2v) is 4.29. The summed E-state index contributed by atoms with van der Waals surface area (Å²) in [7, 11) is 0. The third-order valence-corrected chi connectivity index (χ3v) is 2.65. The molecule has 2 aromatic rings. The van der Waals surface area contributed by atoms with Crippen LogP contribution in [0.2, 0.25) is 0 Å². The third kappa shape index (κ3) is 4.28. The molecule has 0 radical (unpaired) electrons. The van der Waals surface area contributed by atoms with Crippen LogP contribution in [0.3, 0.4) is 0 Å². The first-order valence-corrected chi connectivity index (χ1v) is 6.35. The summed E-state index contributed by atoms with van der Waals surface area (Å²) in [5.74, 6) is 0.299. The van der Waals surface area contributed by atoms with Crippen LogP contribution in [0.1, 0.15) is 12.5 Å². The Morgan fingerprint density at radius 2 is 1.60 bits per heavy atom. The van der Waals surface area contributed by atoms with Crippen LogP contribution in [-0.4, -0.2) is 5.97 Å². The summed E-state index contributed by atoms with van der Waals surface area (Å²) in [6.07, 6.45) is 1.41. The maximum Gasteiger partial charge on any atom is 0.337 e. The molecule has 0 heterocycles. The SMILES string of the molecule is CC(=COc1ccccc1)C(=O)OCc1ccccc1. The summed E-state index contributed by atoms with van der Waals surface area (Å²) in [4.78, 5) is 11.8. The van der Waals surface area contributed by atoms with Crippen LogP contribution in [0, 0.1) is 0 Å². The molecule has 3 heteroatoms. The molecule has 2 rings (SSSR count). The molecule has 0 saturated carbocycles. The van der Waals surface area contributed by atoms with Crippen molar-refractivity contribution in [2.75, 3.05) is 0 Å². The quantitative estimate of drug-likeness (QED) is 0.471. The zero-order chi connectivity index (χ0) is 14.2. The first-order valence-electron chi connectivity index (χ1n) is 6.35. The van der Waals surface area contributed by atoms with E-state index >= 15 is 0 Å². The van der Waals surface area contributed by atoms with E-state index in [2.05, 4.69) is 0 Å². The minimum atomic E-state index is -0.384. The highest BCUT2D eigenvalue weighted by Gasteiger charge is 2.06. The first-order chi connectivity index (χ1) is 9.75. The van der Waals surface area contributed by atoms with Gasteiger partial charge in [0, 0.05) is 0 Å². The van der Waals surface area contributed by atoms with Crippen molar-refractivity contribution in [3.05, 3.63) is 78.1 Å². The fraction of sp³-hybridized carbons (Fsp3) is 0.118. The van der Waals surface area contributed by atoms with E-state index in [4.69, 9.17) is 9.47 Å². The van der Waals surface area contributed by atoms with Crippen LogP contribution in [0.4, 0.5) is 0 Å². The van der Waals surface area contributed by atoms with Crippen molar-refractivity contribution in [3.63, 3.8) is 0 Å². The molecule has 0 N–H and O–H groups in total. The van der Waals surface area contributed by atoms with Crippen LogP contribution in [0.15, 0.2) is 72.5 Å². The number of hydrogen-bond acceptors (Lipinski definition) is 3. The summed E-state index contributed by atoms with van der Waals surface area (Å²) in [6.45, 7) is 1.92. The number of carbonyl (C=O) groups is 1. The fourth-order valence-corrected chi connectivity index (χ4v) is 1.54. The molecule has 0 unspecified atom stereocenters. The average Bonchev–Trinajstić information content (AvgIpc) is 2.52. The number of para-hydroxylation sites is 1. The monoisotopic (exact) mass is 268 g/mol. The zero-order valence-electron chi connectivity index (χ0n) is 11.3. The Morgan fingerprint density at radius 3 is 2.25 bits per heavy atom. The molecule has 0 aliphatic carbocycles. The van der Waals surface area contributed by atoms with Crippen LogP contribution >= 0.6 is 0 Å². The first kappa shape index (κ1) is 13.9. The molecule has 0 saturated heterocycles. The van der Waals surface area contributed by atoms with Gasteiger partial charge in [-0.3, -0.25) is 0 Å². The predicted octanol–water partition coefficient (Wildman–Crippen LogP) is 3.71. The summed E-state index contributed by atoms with van der Waals surface area (Å²) in [5, 5.41) is 0. The molecule has 0 spiro atoms. The minimum absolute atomic E-state index is 0.260. The van der Waals surface area contributed by atoms with Gasteiger partial charge in [0.15, 0.2) is 0 Å². The Hall–Kier alpha value is -2.55. The highest BCUT2D eigenvalue weighted by molar-refractivity contribution is 5.87. The minimum Gasteiger partial charge on any atom is -0.464 e. The lowest BCUT2D eigenvalue weighted by atomic mass is 10.2. The van der Waals surface area contributed by atoms with E-state index in [0.29, 0.717) is 11.3 Å². The Bertz CT molecular complexity index is 574. The summed E-state index contributed by atoms with van der Waals surface area (Å²) >= 11 is 0. The molecule has 0 aliphatic rings. The van der Waals surface area contributed by atoms with E-state index < -0.39 is 0 Å². The Kier molecular flexibility index (Phi) is 4.95. The maximum absolute atomic E-state index is 11.8. The highest BCUT2D eigenvalue weighted by Crippen LogP contribution is 2.10. The van der Waals surface area contributed by atoms with Crippen molar-refractivity contribution in [1.29, 1.82) is 0 Å². The van der Waals surface area contributed by atoms with Gasteiger partial charge >= 0.3 is 5.97 Å². The van der Waals surface area contributed by atoms with Crippen molar-refractivity contribution < 1.29 is 14.3 Å². The lowest BCUT2D eigenvalue weighted by molar-refractivity contribution is -0.140. The molecular formula is C17H16O3. The lowest BCUT2D eigenvalue weighted by Crippen LogP contribution is -2.06. The predicted molar refractivity (Wildman–Crippen MR) is 77.1 cm³/mol. The normalized spacial score (nSPS) is 10.9. The van der Waals surface area contributed by atoms with Gasteiger partial charge < -0.3 is 9.47 Å². The zero-order valence-corrected chi connectivity index (χ0v) is 11.3. The van der Waals surface area contributed by atoms with E-state index in [1.54, 1.807) is 6.92 Å². The van der Waals surface area contributed by atoms with Crippen LogP contribution in [-0.2, 0) is 16.1 Å². The van der Waals surface area contributed by atoms with Crippen molar-refractivity contribution in [1.82, 2.24) is 0 Å². The van der Waals surface area contributed by atoms with Gasteiger partial charge in [-0.05, 0) is 24.6 Å². The molecule has 0 fully saturated rings. The number of rotatable bonds is 5. The average molecular weight is 268 g/mol. The van der Waals surface area contributed by atoms with Crippen LogP contribution < -0.4 is 4.74 Å². The molecule has 2 aromatic carbocycles. The molecule has 0 bridgehead atoms. The lowest BCUT2D eigenvalue weighted by Gasteiger charge is -2.05. The van der Waals surface area contributed by atoms with Gasteiger partial charge in [0.25, 0.3) is 0 Å². The van der Waals surface area contributed by atoms with E-state index in [0.717, 1.165) is 5.56 Å². The standard InChI is InChI=1S/C17H16O3/c1-14(12-19-16-10-6-3-7-11-16)17(18)20-13-15-8-4-2-5-9-15/h2-12H,13H2,1H3. The number of benzene rings is 2. The van der Waals surface area contributed by atoms with Crippen molar-refractivity contribution in [3.8, 4) is 5.75 Å². The molecule has 0 atom stereocenters. The van der Waals surface area contributed by atoms with Gasteiger partial charge in [0.2, 0.25) is 0 Å². The van der Waals surface area contributed by atoms with E-state index in [1.807, 2.05) is 60.7 Å². The highest BCUT2D eigenvalue weighted by atomic mass is 16.5. The molecule has 3 nitrogen and oxygen atoms in total. The van der Waals surface area contributed by atoms with Gasteiger partial charge in [0.1, 0.15) is 18.6 Å². The second-order valence-electron chi connectivity index (χ2n) is 4.29. The largest absolute Gasteiger partial charge is 0.464 e. The number of hydrogen-bond donors (Lipinski definition) is 0. The third-order valence-electron chi connectivity index (χ3n) is 2.65. The number of ether oxygens (including phenoxy) is 2. The molecule has 0 amide bonds. The molecule has 102 valence electrons. The van der Waals surface area contributed by atoms with E-state index in [1.165, 1.54) is 6.26 Å². The van der Waals surface area contributed by atoms with Crippen molar-refractivity contribution in [2.24, 2.45) is 0 Å². The Morgan fingerprint density at radius 1 is 1.00 bits per heavy atom. The molecule has 20 heavy (non-hydrogen) atoms. The molecule has 0 aliphatic heterocycles. The van der Waals surface area contributed by atoms with Gasteiger partial charge in [-0.25, -0.2) is 4.79 Å². The summed E-state index contributed by atoms with van der Waals surface area (Å²) in [5.41, 5.74) is 1.38. The maximum atomic E-state index is 11.8. The van der Waals surface area contributed by atoms with Crippen molar-refractivity contribution >= 4 is 5.97 Å². The summed E-state index contributed by atoms with van der Waals surface area (Å²) in [6, 6.07) is 18.8. The molecule has 0 aromatic heterocycles. The van der Waals surface area contributed by atoms with E-state index in [9.17, 15) is 4.79 Å².